The highest BCUT2D eigenvalue weighted by molar-refractivity contribution is 6.31. The molecule has 2 heterocycles. The van der Waals surface area contributed by atoms with Gasteiger partial charge in [-0.3, -0.25) is 4.79 Å². The summed E-state index contributed by atoms with van der Waals surface area (Å²) in [7, 11) is 0. The third-order valence-electron chi connectivity index (χ3n) is 4.80. The predicted molar refractivity (Wildman–Crippen MR) is 121 cm³/mol. The van der Waals surface area contributed by atoms with Crippen molar-refractivity contribution in [1.29, 1.82) is 0 Å². The first-order chi connectivity index (χ1) is 15.9. The molecule has 8 nitrogen and oxygen atoms in total. The fourth-order valence-electron chi connectivity index (χ4n) is 3.05. The van der Waals surface area contributed by atoms with E-state index in [2.05, 4.69) is 20.6 Å². The van der Waals surface area contributed by atoms with Crippen LogP contribution in [0.4, 0.5) is 4.39 Å². The molecule has 0 spiro atoms. The van der Waals surface area contributed by atoms with Crippen LogP contribution in [0, 0.1) is 12.7 Å². The summed E-state index contributed by atoms with van der Waals surface area (Å²) in [5, 5.41) is 16.0. The molecule has 0 aliphatic rings. The van der Waals surface area contributed by atoms with E-state index in [0.29, 0.717) is 33.7 Å². The minimum absolute atomic E-state index is 0.199. The first-order valence-corrected chi connectivity index (χ1v) is 10.6. The van der Waals surface area contributed by atoms with Gasteiger partial charge in [0.1, 0.15) is 18.2 Å². The SMILES string of the molecule is Cc1cc(OC(C)C(=O)NCCOc2ccc3nnc(-c4ccc(F)cc4)n3n2)ccc1Cl. The van der Waals surface area contributed by atoms with Crippen LogP contribution in [0.1, 0.15) is 12.5 Å². The largest absolute Gasteiger partial charge is 0.481 e. The number of aromatic nitrogens is 4. The molecule has 0 saturated heterocycles. The number of amides is 1. The van der Waals surface area contributed by atoms with Crippen LogP contribution < -0.4 is 14.8 Å². The normalized spacial score (nSPS) is 11.9. The Morgan fingerprint density at radius 1 is 1.15 bits per heavy atom. The summed E-state index contributed by atoms with van der Waals surface area (Å²) in [6, 6.07) is 14.5. The molecule has 0 bridgehead atoms. The lowest BCUT2D eigenvalue weighted by molar-refractivity contribution is -0.127. The topological polar surface area (TPSA) is 90.6 Å². The van der Waals surface area contributed by atoms with Crippen molar-refractivity contribution in [3.63, 3.8) is 0 Å². The van der Waals surface area contributed by atoms with Crippen LogP contribution in [-0.2, 0) is 4.79 Å². The molecular weight excluding hydrogens is 449 g/mol. The van der Waals surface area contributed by atoms with Gasteiger partial charge in [0.05, 0.1) is 6.54 Å². The molecule has 1 amide bonds. The van der Waals surface area contributed by atoms with Gasteiger partial charge in [0, 0.05) is 16.7 Å². The zero-order valence-corrected chi connectivity index (χ0v) is 18.7. The first kappa shape index (κ1) is 22.5. The van der Waals surface area contributed by atoms with Crippen LogP contribution >= 0.6 is 11.6 Å². The van der Waals surface area contributed by atoms with Gasteiger partial charge in [0.25, 0.3) is 5.91 Å². The Labute approximate surface area is 194 Å². The minimum atomic E-state index is -0.685. The average Bonchev–Trinajstić information content (AvgIpc) is 3.23. The van der Waals surface area contributed by atoms with Gasteiger partial charge in [-0.1, -0.05) is 11.6 Å². The van der Waals surface area contributed by atoms with Crippen LogP contribution in [0.5, 0.6) is 11.6 Å². The first-order valence-electron chi connectivity index (χ1n) is 10.2. The van der Waals surface area contributed by atoms with Crippen molar-refractivity contribution in [2.45, 2.75) is 20.0 Å². The second-order valence-corrected chi connectivity index (χ2v) is 7.69. The Kier molecular flexibility index (Phi) is 6.69. The molecule has 0 radical (unpaired) electrons. The number of hydrogen-bond acceptors (Lipinski definition) is 6. The van der Waals surface area contributed by atoms with E-state index < -0.39 is 6.10 Å². The molecule has 10 heteroatoms. The third kappa shape index (κ3) is 5.38. The maximum atomic E-state index is 13.2. The molecule has 1 unspecified atom stereocenters. The smallest absolute Gasteiger partial charge is 0.260 e. The van der Waals surface area contributed by atoms with Gasteiger partial charge in [-0.2, -0.15) is 4.52 Å². The number of aryl methyl sites for hydroxylation is 1. The molecule has 2 aromatic carbocycles. The van der Waals surface area contributed by atoms with Gasteiger partial charge in [-0.05, 0) is 67.9 Å². The van der Waals surface area contributed by atoms with E-state index in [4.69, 9.17) is 21.1 Å². The van der Waals surface area contributed by atoms with Crippen molar-refractivity contribution in [2.24, 2.45) is 0 Å². The molecule has 1 atom stereocenters. The van der Waals surface area contributed by atoms with Crippen molar-refractivity contribution >= 4 is 23.2 Å². The molecule has 170 valence electrons. The summed E-state index contributed by atoms with van der Waals surface area (Å²) in [6.07, 6.45) is -0.685. The average molecular weight is 470 g/mol. The van der Waals surface area contributed by atoms with Crippen molar-refractivity contribution in [3.05, 3.63) is 71.0 Å². The number of nitrogens with one attached hydrogen (secondary N) is 1. The van der Waals surface area contributed by atoms with E-state index in [1.54, 1.807) is 49.4 Å². The Hall–Kier alpha value is -3.72. The zero-order valence-electron chi connectivity index (χ0n) is 18.0. The van der Waals surface area contributed by atoms with Gasteiger partial charge in [-0.25, -0.2) is 4.39 Å². The fraction of sp³-hybridized carbons (Fsp3) is 0.217. The van der Waals surface area contributed by atoms with E-state index in [9.17, 15) is 9.18 Å². The van der Waals surface area contributed by atoms with Crippen molar-refractivity contribution < 1.29 is 18.7 Å². The number of rotatable bonds is 8. The standard InChI is InChI=1S/C23H21ClFN5O3/c1-14-13-18(7-8-19(14)24)33-15(2)23(31)26-11-12-32-21-10-9-20-27-28-22(30(20)29-21)16-3-5-17(25)6-4-16/h3-10,13,15H,11-12H2,1-2H3,(H,26,31). The molecule has 4 rings (SSSR count). The lowest BCUT2D eigenvalue weighted by Gasteiger charge is -2.15. The number of halogens is 2. The highest BCUT2D eigenvalue weighted by atomic mass is 35.5. The highest BCUT2D eigenvalue weighted by Crippen LogP contribution is 2.22. The molecular formula is C23H21ClFN5O3. The molecule has 1 N–H and O–H groups in total. The number of hydrogen-bond donors (Lipinski definition) is 1. The quantitative estimate of drug-likeness (QED) is 0.394. The van der Waals surface area contributed by atoms with E-state index >= 15 is 0 Å². The van der Waals surface area contributed by atoms with E-state index in [1.165, 1.54) is 16.6 Å². The van der Waals surface area contributed by atoms with Crippen molar-refractivity contribution in [2.75, 3.05) is 13.2 Å². The number of carbonyl (C=O) groups is 1. The summed E-state index contributed by atoms with van der Waals surface area (Å²) < 4.78 is 26.0. The fourth-order valence-corrected chi connectivity index (χ4v) is 3.17. The Balaban J connectivity index is 1.31. The summed E-state index contributed by atoms with van der Waals surface area (Å²) >= 11 is 6.01. The number of nitrogens with zero attached hydrogens (tertiary/aromatic N) is 4. The molecule has 4 aromatic rings. The van der Waals surface area contributed by atoms with Gasteiger partial charge in [0.2, 0.25) is 5.88 Å². The van der Waals surface area contributed by atoms with Crippen LogP contribution in [0.15, 0.2) is 54.6 Å². The summed E-state index contributed by atoms with van der Waals surface area (Å²) in [5.41, 5.74) is 2.07. The molecule has 2 aromatic heterocycles. The molecule has 33 heavy (non-hydrogen) atoms. The molecule has 0 saturated carbocycles. The summed E-state index contributed by atoms with van der Waals surface area (Å²) in [4.78, 5) is 12.3. The highest BCUT2D eigenvalue weighted by Gasteiger charge is 2.15. The number of fused-ring (bicyclic) bond motifs is 1. The molecule has 0 fully saturated rings. The van der Waals surface area contributed by atoms with Crippen LogP contribution in [0.25, 0.3) is 17.0 Å². The molecule has 0 aliphatic carbocycles. The number of carbonyl (C=O) groups excluding carboxylic acids is 1. The monoisotopic (exact) mass is 469 g/mol. The van der Waals surface area contributed by atoms with Gasteiger partial charge in [-0.15, -0.1) is 15.3 Å². The van der Waals surface area contributed by atoms with Crippen LogP contribution in [-0.4, -0.2) is 45.0 Å². The lowest BCUT2D eigenvalue weighted by atomic mass is 10.2. The van der Waals surface area contributed by atoms with Crippen molar-refractivity contribution in [3.8, 4) is 23.0 Å². The van der Waals surface area contributed by atoms with E-state index in [0.717, 1.165) is 5.56 Å². The summed E-state index contributed by atoms with van der Waals surface area (Å²) in [5.74, 6) is 0.758. The van der Waals surface area contributed by atoms with Gasteiger partial charge in [0.15, 0.2) is 17.6 Å². The minimum Gasteiger partial charge on any atom is -0.481 e. The molecule has 0 aliphatic heterocycles. The second kappa shape index (κ2) is 9.83. The predicted octanol–water partition coefficient (Wildman–Crippen LogP) is 3.85. The van der Waals surface area contributed by atoms with E-state index in [-0.39, 0.29) is 24.9 Å². The van der Waals surface area contributed by atoms with E-state index in [1.807, 2.05) is 6.92 Å². The maximum absolute atomic E-state index is 13.2. The Morgan fingerprint density at radius 3 is 2.70 bits per heavy atom. The lowest BCUT2D eigenvalue weighted by Crippen LogP contribution is -2.38. The van der Waals surface area contributed by atoms with Crippen molar-refractivity contribution in [1.82, 2.24) is 25.1 Å². The summed E-state index contributed by atoms with van der Waals surface area (Å²) in [6.45, 7) is 3.99. The Morgan fingerprint density at radius 2 is 1.94 bits per heavy atom. The van der Waals surface area contributed by atoms with Gasteiger partial charge >= 0.3 is 0 Å². The van der Waals surface area contributed by atoms with Gasteiger partial charge < -0.3 is 14.8 Å². The number of ether oxygens (including phenoxy) is 2. The second-order valence-electron chi connectivity index (χ2n) is 7.28. The Bertz CT molecular complexity index is 1280. The maximum Gasteiger partial charge on any atom is 0.260 e. The van der Waals surface area contributed by atoms with Crippen LogP contribution in [0.2, 0.25) is 5.02 Å². The van der Waals surface area contributed by atoms with Crippen LogP contribution in [0.3, 0.4) is 0 Å². The third-order valence-corrected chi connectivity index (χ3v) is 5.23. The number of benzene rings is 2. The zero-order chi connectivity index (χ0) is 23.4.